The van der Waals surface area contributed by atoms with Crippen molar-refractivity contribution in [2.75, 3.05) is 39.6 Å². The summed E-state index contributed by atoms with van der Waals surface area (Å²) in [6, 6.07) is 0. The lowest BCUT2D eigenvalue weighted by atomic mass is 10.1. The zero-order valence-electron chi connectivity index (χ0n) is 13.1. The highest BCUT2D eigenvalue weighted by Crippen LogP contribution is 2.31. The summed E-state index contributed by atoms with van der Waals surface area (Å²) in [5.74, 6) is -0.0756. The molecule has 0 bridgehead atoms. The summed E-state index contributed by atoms with van der Waals surface area (Å²) in [7, 11) is 0. The van der Waals surface area contributed by atoms with Gasteiger partial charge in [-0.05, 0) is 0 Å². The lowest BCUT2D eigenvalue weighted by Gasteiger charge is -2.19. The third kappa shape index (κ3) is 3.34. The highest BCUT2D eigenvalue weighted by molar-refractivity contribution is 5.71. The van der Waals surface area contributed by atoms with E-state index in [1.807, 2.05) is 0 Å². The van der Waals surface area contributed by atoms with Crippen LogP contribution in [0.2, 0.25) is 0 Å². The van der Waals surface area contributed by atoms with Crippen molar-refractivity contribution in [2.24, 2.45) is 5.92 Å². The van der Waals surface area contributed by atoms with Crippen LogP contribution in [0.5, 0.6) is 0 Å². The minimum absolute atomic E-state index is 0.0991. The van der Waals surface area contributed by atoms with Crippen LogP contribution in [0.15, 0.2) is 0 Å². The molecular weight excluding hydrogens is 324 g/mol. The summed E-state index contributed by atoms with van der Waals surface area (Å²) in [4.78, 5) is 22.0. The van der Waals surface area contributed by atoms with Crippen LogP contribution in [0.3, 0.4) is 0 Å². The molecule has 0 aliphatic carbocycles. The topological polar surface area (TPSA) is 98.8 Å². The molecule has 0 aromatic heterocycles. The van der Waals surface area contributed by atoms with Gasteiger partial charge in [0.25, 0.3) is 0 Å². The quantitative estimate of drug-likeness (QED) is 0.599. The van der Waals surface area contributed by atoms with Crippen molar-refractivity contribution in [1.29, 1.82) is 0 Å². The summed E-state index contributed by atoms with van der Waals surface area (Å²) >= 11 is 0. The van der Waals surface area contributed by atoms with Gasteiger partial charge in [0.1, 0.15) is 31.0 Å². The summed E-state index contributed by atoms with van der Waals surface area (Å²) in [6.07, 6.45) is -1.43. The Morgan fingerprint density at radius 3 is 2.17 bits per heavy atom. The van der Waals surface area contributed by atoms with Gasteiger partial charge >= 0.3 is 12.1 Å². The van der Waals surface area contributed by atoms with E-state index in [-0.39, 0.29) is 55.6 Å². The average Bonchev–Trinajstić information content (AvgIpc) is 3.30. The molecule has 0 N–H and O–H groups in total. The number of carbonyl (C=O) groups excluding carboxylic acids is 2. The monoisotopic (exact) mass is 344 g/mol. The van der Waals surface area contributed by atoms with E-state index in [9.17, 15) is 9.59 Å². The molecule has 4 fully saturated rings. The molecule has 0 spiro atoms. The molecule has 4 rings (SSSR count). The second kappa shape index (κ2) is 6.83. The molecule has 134 valence electrons. The molecule has 6 atom stereocenters. The second-order valence-electron chi connectivity index (χ2n) is 6.39. The number of rotatable bonds is 6. The first-order valence-corrected chi connectivity index (χ1v) is 8.14. The molecule has 0 amide bonds. The van der Waals surface area contributed by atoms with Crippen LogP contribution in [0.1, 0.15) is 6.42 Å². The van der Waals surface area contributed by atoms with Gasteiger partial charge in [-0.3, -0.25) is 4.79 Å². The Balaban J connectivity index is 1.21. The number of carbonyl (C=O) groups is 2. The average molecular weight is 344 g/mol. The van der Waals surface area contributed by atoms with Crippen molar-refractivity contribution in [1.82, 2.24) is 0 Å². The zero-order valence-corrected chi connectivity index (χ0v) is 13.1. The summed E-state index contributed by atoms with van der Waals surface area (Å²) in [5, 5.41) is 0. The van der Waals surface area contributed by atoms with Gasteiger partial charge in [0, 0.05) is 5.92 Å². The van der Waals surface area contributed by atoms with Crippen molar-refractivity contribution >= 4 is 12.1 Å². The Morgan fingerprint density at radius 2 is 1.58 bits per heavy atom. The van der Waals surface area contributed by atoms with Crippen molar-refractivity contribution in [2.45, 2.75) is 36.9 Å². The number of ether oxygens (including phenoxy) is 7. The Morgan fingerprint density at radius 1 is 0.875 bits per heavy atom. The Kier molecular flexibility index (Phi) is 4.57. The second-order valence-corrected chi connectivity index (χ2v) is 6.39. The highest BCUT2D eigenvalue weighted by Gasteiger charge is 2.49. The first-order valence-electron chi connectivity index (χ1n) is 8.14. The van der Waals surface area contributed by atoms with Gasteiger partial charge in [0.05, 0.1) is 39.5 Å². The maximum absolute atomic E-state index is 11.1. The van der Waals surface area contributed by atoms with E-state index >= 15 is 0 Å². The van der Waals surface area contributed by atoms with E-state index in [0.29, 0.717) is 32.8 Å². The fourth-order valence-electron chi connectivity index (χ4n) is 3.32. The van der Waals surface area contributed by atoms with E-state index < -0.39 is 6.16 Å². The number of cyclic esters (lactones) is 3. The molecular formula is C15H20O9. The lowest BCUT2D eigenvalue weighted by molar-refractivity contribution is -0.137. The van der Waals surface area contributed by atoms with Crippen LogP contribution in [-0.2, 0) is 38.0 Å². The SMILES string of the molecule is O=C1CC(CO[C@@H]2CO[C@H]3[C@@H]2OC[C@H]3OCC2COC(=O)O2)CO1. The predicted molar refractivity (Wildman–Crippen MR) is 74.2 cm³/mol. The molecule has 0 aromatic carbocycles. The van der Waals surface area contributed by atoms with Crippen LogP contribution in [0, 0.1) is 5.92 Å². The molecule has 4 saturated heterocycles. The van der Waals surface area contributed by atoms with Gasteiger partial charge in [-0.15, -0.1) is 0 Å². The lowest BCUT2D eigenvalue weighted by Crippen LogP contribution is -2.36. The predicted octanol–water partition coefficient (Wildman–Crippen LogP) is -0.347. The molecule has 4 heterocycles. The molecule has 4 aliphatic heterocycles. The smallest absolute Gasteiger partial charge is 0.465 e. The van der Waals surface area contributed by atoms with Gasteiger partial charge < -0.3 is 33.2 Å². The summed E-state index contributed by atoms with van der Waals surface area (Å²) in [6.45, 7) is 2.15. The van der Waals surface area contributed by atoms with Gasteiger partial charge in [0.15, 0.2) is 6.10 Å². The minimum atomic E-state index is -0.663. The fraction of sp³-hybridized carbons (Fsp3) is 0.867. The van der Waals surface area contributed by atoms with E-state index in [0.717, 1.165) is 0 Å². The third-order valence-electron chi connectivity index (χ3n) is 4.59. The van der Waals surface area contributed by atoms with E-state index in [1.165, 1.54) is 0 Å². The minimum Gasteiger partial charge on any atom is -0.465 e. The van der Waals surface area contributed by atoms with Gasteiger partial charge in [0.2, 0.25) is 0 Å². The van der Waals surface area contributed by atoms with Crippen LogP contribution in [0.4, 0.5) is 4.79 Å². The fourth-order valence-corrected chi connectivity index (χ4v) is 3.32. The van der Waals surface area contributed by atoms with Gasteiger partial charge in [-0.2, -0.15) is 0 Å². The molecule has 9 nitrogen and oxygen atoms in total. The standard InChI is InChI=1S/C15H20O9/c16-12-1-8(3-20-12)2-18-10-6-21-14-11(7-22-13(10)14)19-4-9-5-23-15(17)24-9/h8-11,13-14H,1-7H2/t8?,9?,10-,11-,13-,14-/m1/s1. The Labute approximate surface area is 138 Å². The molecule has 0 radical (unpaired) electrons. The van der Waals surface area contributed by atoms with E-state index in [2.05, 4.69) is 0 Å². The normalized spacial score (nSPS) is 41.2. The summed E-state index contributed by atoms with van der Waals surface area (Å²) < 4.78 is 37.7. The Hall–Kier alpha value is -1.42. The molecule has 0 saturated carbocycles. The number of hydrogen-bond acceptors (Lipinski definition) is 9. The molecule has 0 aromatic rings. The first kappa shape index (κ1) is 16.1. The van der Waals surface area contributed by atoms with Crippen molar-refractivity contribution < 1.29 is 42.7 Å². The van der Waals surface area contributed by atoms with Crippen LogP contribution < -0.4 is 0 Å². The van der Waals surface area contributed by atoms with E-state index in [1.54, 1.807) is 0 Å². The maximum atomic E-state index is 11.1. The van der Waals surface area contributed by atoms with Crippen molar-refractivity contribution in [3.8, 4) is 0 Å². The summed E-state index contributed by atoms with van der Waals surface area (Å²) in [5.41, 5.74) is 0. The molecule has 9 heteroatoms. The van der Waals surface area contributed by atoms with Gasteiger partial charge in [-0.25, -0.2) is 4.79 Å². The van der Waals surface area contributed by atoms with Crippen molar-refractivity contribution in [3.63, 3.8) is 0 Å². The highest BCUT2D eigenvalue weighted by atomic mass is 16.8. The first-order chi connectivity index (χ1) is 11.7. The number of fused-ring (bicyclic) bond motifs is 1. The van der Waals surface area contributed by atoms with Crippen molar-refractivity contribution in [3.05, 3.63) is 0 Å². The Bertz CT molecular complexity index is 451. The number of esters is 1. The van der Waals surface area contributed by atoms with Gasteiger partial charge in [-0.1, -0.05) is 0 Å². The third-order valence-corrected chi connectivity index (χ3v) is 4.59. The molecule has 24 heavy (non-hydrogen) atoms. The molecule has 2 unspecified atom stereocenters. The van der Waals surface area contributed by atoms with Crippen LogP contribution >= 0.6 is 0 Å². The zero-order chi connectivity index (χ0) is 16.5. The van der Waals surface area contributed by atoms with Crippen LogP contribution in [0.25, 0.3) is 0 Å². The van der Waals surface area contributed by atoms with Crippen LogP contribution in [-0.4, -0.2) is 82.3 Å². The van der Waals surface area contributed by atoms with E-state index in [4.69, 9.17) is 33.2 Å². The largest absolute Gasteiger partial charge is 0.508 e. The maximum Gasteiger partial charge on any atom is 0.508 e. The number of hydrogen-bond donors (Lipinski definition) is 0. The molecule has 4 aliphatic rings.